The zero-order valence-corrected chi connectivity index (χ0v) is 21.5. The van der Waals surface area contributed by atoms with Crippen molar-refractivity contribution in [3.8, 4) is 28.0 Å². The number of aryl methyl sites for hydroxylation is 1. The van der Waals surface area contributed by atoms with Gasteiger partial charge in [-0.15, -0.1) is 0 Å². The third kappa shape index (κ3) is 4.37. The Morgan fingerprint density at radius 1 is 1.00 bits per heavy atom. The van der Waals surface area contributed by atoms with Gasteiger partial charge in [-0.2, -0.15) is 0 Å². The number of halogens is 1. The Balaban J connectivity index is 1.52. The molecule has 3 heterocycles. The molecule has 1 amide bonds. The summed E-state index contributed by atoms with van der Waals surface area (Å²) >= 11 is 0. The second-order valence-corrected chi connectivity index (χ2v) is 10.4. The van der Waals surface area contributed by atoms with E-state index in [1.54, 1.807) is 17.0 Å². The van der Waals surface area contributed by atoms with Gasteiger partial charge in [-0.05, 0) is 73.2 Å². The minimum Gasteiger partial charge on any atom is -0.506 e. The summed E-state index contributed by atoms with van der Waals surface area (Å²) < 4.78 is 14.5. The fraction of sp³-hybridized carbons (Fsp3) is 0.290. The second-order valence-electron chi connectivity index (χ2n) is 10.4. The highest BCUT2D eigenvalue weighted by Gasteiger charge is 2.26. The molecule has 3 aromatic carbocycles. The van der Waals surface area contributed by atoms with E-state index in [1.807, 2.05) is 49.5 Å². The van der Waals surface area contributed by atoms with E-state index in [0.717, 1.165) is 84.3 Å². The molecule has 0 bridgehead atoms. The maximum Gasteiger partial charge on any atom is 0.257 e. The van der Waals surface area contributed by atoms with Crippen molar-refractivity contribution in [1.82, 2.24) is 9.88 Å². The molecule has 0 atom stereocenters. The number of pyridine rings is 1. The highest BCUT2D eigenvalue weighted by atomic mass is 19.1. The first-order valence-electron chi connectivity index (χ1n) is 13.2. The van der Waals surface area contributed by atoms with Gasteiger partial charge in [0.25, 0.3) is 5.91 Å². The van der Waals surface area contributed by atoms with Gasteiger partial charge < -0.3 is 20.6 Å². The number of nitrogens with two attached hydrogens (primary N) is 1. The van der Waals surface area contributed by atoms with Crippen LogP contribution >= 0.6 is 0 Å². The van der Waals surface area contributed by atoms with E-state index in [0.29, 0.717) is 11.1 Å². The van der Waals surface area contributed by atoms with Gasteiger partial charge in [0.1, 0.15) is 11.6 Å². The van der Waals surface area contributed by atoms with E-state index < -0.39 is 0 Å². The summed E-state index contributed by atoms with van der Waals surface area (Å²) in [6.45, 7) is 4.90. The van der Waals surface area contributed by atoms with Crippen LogP contribution < -0.4 is 10.6 Å². The van der Waals surface area contributed by atoms with Crippen molar-refractivity contribution in [2.75, 3.05) is 31.1 Å². The van der Waals surface area contributed by atoms with Gasteiger partial charge in [-0.25, -0.2) is 4.39 Å². The lowest BCUT2D eigenvalue weighted by molar-refractivity contribution is 0.0649. The molecule has 0 saturated carbocycles. The summed E-state index contributed by atoms with van der Waals surface area (Å²) in [6.07, 6.45) is 4.55. The summed E-state index contributed by atoms with van der Waals surface area (Å²) in [4.78, 5) is 21.7. The van der Waals surface area contributed by atoms with Crippen LogP contribution in [0.4, 0.5) is 10.1 Å². The molecular formula is C31H31FN4O2. The van der Waals surface area contributed by atoms with Crippen LogP contribution in [0, 0.1) is 12.7 Å². The van der Waals surface area contributed by atoms with E-state index >= 15 is 0 Å². The van der Waals surface area contributed by atoms with E-state index in [-0.39, 0.29) is 23.5 Å². The molecule has 0 aliphatic carbocycles. The van der Waals surface area contributed by atoms with Gasteiger partial charge in [0.15, 0.2) is 0 Å². The minimum absolute atomic E-state index is 0.0147. The number of anilines is 1. The number of amides is 1. The van der Waals surface area contributed by atoms with Crippen molar-refractivity contribution in [3.05, 3.63) is 77.7 Å². The SMILES string of the molecule is Cc1cc(F)cc(-c2cnc3ccc(-c4cccc(C(=O)N5CCC5)c4O)cc3c2N2CCC(N)CC2)c1. The number of para-hydroxylation sites is 1. The van der Waals surface area contributed by atoms with E-state index in [9.17, 15) is 14.3 Å². The number of carbonyl (C=O) groups excluding carboxylic acids is 1. The average Bonchev–Trinajstić information content (AvgIpc) is 2.87. The van der Waals surface area contributed by atoms with Gasteiger partial charge in [0, 0.05) is 54.9 Å². The third-order valence-corrected chi connectivity index (χ3v) is 7.77. The molecule has 6 nitrogen and oxygen atoms in total. The first kappa shape index (κ1) is 24.4. The van der Waals surface area contributed by atoms with Crippen LogP contribution in [0.2, 0.25) is 0 Å². The third-order valence-electron chi connectivity index (χ3n) is 7.77. The number of carbonyl (C=O) groups is 1. The number of fused-ring (bicyclic) bond motifs is 1. The molecular weight excluding hydrogens is 479 g/mol. The van der Waals surface area contributed by atoms with E-state index in [4.69, 9.17) is 10.7 Å². The number of piperidine rings is 1. The Bertz CT molecular complexity index is 1520. The number of hydrogen-bond donors (Lipinski definition) is 2. The summed E-state index contributed by atoms with van der Waals surface area (Å²) in [6, 6.07) is 16.4. The summed E-state index contributed by atoms with van der Waals surface area (Å²) in [5.74, 6) is -0.444. The molecule has 38 heavy (non-hydrogen) atoms. The van der Waals surface area contributed by atoms with Crippen molar-refractivity contribution in [1.29, 1.82) is 0 Å². The molecule has 4 aromatic rings. The number of nitrogens with zero attached hydrogens (tertiary/aromatic N) is 3. The van der Waals surface area contributed by atoms with Gasteiger partial charge >= 0.3 is 0 Å². The van der Waals surface area contributed by atoms with Crippen LogP contribution in [0.1, 0.15) is 35.2 Å². The summed E-state index contributed by atoms with van der Waals surface area (Å²) in [5.41, 5.74) is 12.2. The number of aromatic nitrogens is 1. The second kappa shape index (κ2) is 9.72. The molecule has 0 unspecified atom stereocenters. The zero-order valence-electron chi connectivity index (χ0n) is 21.5. The molecule has 0 radical (unpaired) electrons. The molecule has 3 N–H and O–H groups in total. The fourth-order valence-corrected chi connectivity index (χ4v) is 5.55. The Kier molecular flexibility index (Phi) is 6.24. The number of likely N-dealkylation sites (tertiary alicyclic amines) is 1. The predicted octanol–water partition coefficient (Wildman–Crippen LogP) is 5.50. The number of phenolic OH excluding ortho intramolecular Hbond substituents is 1. The normalized spacial score (nSPS) is 16.1. The quantitative estimate of drug-likeness (QED) is 0.379. The Hall–Kier alpha value is -3.97. The maximum atomic E-state index is 14.5. The molecule has 2 saturated heterocycles. The standard InChI is InChI=1S/C31H31FN4O2/c1-19-14-21(16-22(32)15-19)27-18-34-28-7-6-20(17-26(28)29(27)35-12-8-23(33)9-13-35)24-4-2-5-25(30(24)37)31(38)36-10-3-11-36/h2,4-7,14-18,23,37H,3,8-13,33H2,1H3. The molecule has 6 rings (SSSR count). The minimum atomic E-state index is -0.283. The molecule has 2 fully saturated rings. The lowest BCUT2D eigenvalue weighted by Gasteiger charge is -2.34. The van der Waals surface area contributed by atoms with Crippen LogP contribution in [0.3, 0.4) is 0 Å². The number of rotatable bonds is 4. The van der Waals surface area contributed by atoms with Gasteiger partial charge in [-0.3, -0.25) is 9.78 Å². The maximum absolute atomic E-state index is 14.5. The zero-order chi connectivity index (χ0) is 26.4. The highest BCUT2D eigenvalue weighted by Crippen LogP contribution is 2.41. The molecule has 2 aliphatic rings. The molecule has 194 valence electrons. The lowest BCUT2D eigenvalue weighted by Crippen LogP contribution is -2.42. The number of hydrogen-bond acceptors (Lipinski definition) is 5. The molecule has 2 aliphatic heterocycles. The number of phenols is 1. The van der Waals surface area contributed by atoms with Crippen LogP contribution in [0.5, 0.6) is 5.75 Å². The van der Waals surface area contributed by atoms with Crippen LogP contribution in [-0.4, -0.2) is 53.1 Å². The topological polar surface area (TPSA) is 82.7 Å². The van der Waals surface area contributed by atoms with Crippen LogP contribution in [0.15, 0.2) is 60.8 Å². The van der Waals surface area contributed by atoms with E-state index in [1.165, 1.54) is 6.07 Å². The van der Waals surface area contributed by atoms with Crippen molar-refractivity contribution >= 4 is 22.5 Å². The number of benzene rings is 3. The van der Waals surface area contributed by atoms with Gasteiger partial charge in [-0.1, -0.05) is 24.3 Å². The predicted molar refractivity (Wildman–Crippen MR) is 149 cm³/mol. The summed E-state index contributed by atoms with van der Waals surface area (Å²) in [7, 11) is 0. The molecule has 0 spiro atoms. The van der Waals surface area contributed by atoms with Crippen LogP contribution in [0.25, 0.3) is 33.2 Å². The monoisotopic (exact) mass is 510 g/mol. The van der Waals surface area contributed by atoms with Crippen molar-refractivity contribution < 1.29 is 14.3 Å². The van der Waals surface area contributed by atoms with Gasteiger partial charge in [0.05, 0.1) is 16.8 Å². The average molecular weight is 511 g/mol. The van der Waals surface area contributed by atoms with E-state index in [2.05, 4.69) is 4.90 Å². The van der Waals surface area contributed by atoms with Crippen molar-refractivity contribution in [3.63, 3.8) is 0 Å². The lowest BCUT2D eigenvalue weighted by atomic mass is 9.94. The Morgan fingerprint density at radius 2 is 1.79 bits per heavy atom. The van der Waals surface area contributed by atoms with Crippen molar-refractivity contribution in [2.24, 2.45) is 5.73 Å². The summed E-state index contributed by atoms with van der Waals surface area (Å²) in [5, 5.41) is 12.1. The first-order chi connectivity index (χ1) is 18.4. The largest absolute Gasteiger partial charge is 0.506 e. The Morgan fingerprint density at radius 3 is 2.50 bits per heavy atom. The number of aromatic hydroxyl groups is 1. The van der Waals surface area contributed by atoms with Crippen LogP contribution in [-0.2, 0) is 0 Å². The van der Waals surface area contributed by atoms with Gasteiger partial charge in [0.2, 0.25) is 0 Å². The first-order valence-corrected chi connectivity index (χ1v) is 13.2. The Labute approximate surface area is 221 Å². The highest BCUT2D eigenvalue weighted by molar-refractivity contribution is 6.03. The molecule has 1 aromatic heterocycles. The fourth-order valence-electron chi connectivity index (χ4n) is 5.55. The van der Waals surface area contributed by atoms with Crippen molar-refractivity contribution in [2.45, 2.75) is 32.2 Å². The molecule has 7 heteroatoms. The smallest absolute Gasteiger partial charge is 0.257 e.